The van der Waals surface area contributed by atoms with Crippen molar-refractivity contribution in [2.24, 2.45) is 5.73 Å². The van der Waals surface area contributed by atoms with E-state index < -0.39 is 0 Å². The number of nitrogens with zero attached hydrogens (tertiary/aromatic N) is 1. The maximum atomic E-state index is 12.8. The molecule has 2 atom stereocenters. The molecule has 2 rings (SSSR count). The van der Waals surface area contributed by atoms with Crippen molar-refractivity contribution in [3.63, 3.8) is 0 Å². The largest absolute Gasteiger partial charge is 0.332 e. The van der Waals surface area contributed by atoms with Gasteiger partial charge >= 0.3 is 0 Å². The molecule has 20 heavy (non-hydrogen) atoms. The minimum absolute atomic E-state index is 0.00792. The van der Waals surface area contributed by atoms with Crippen molar-refractivity contribution >= 4 is 29.3 Å². The maximum absolute atomic E-state index is 12.8. The van der Waals surface area contributed by atoms with E-state index in [4.69, 9.17) is 17.3 Å². The van der Waals surface area contributed by atoms with Crippen LogP contribution in [0, 0.1) is 0 Å². The fourth-order valence-electron chi connectivity index (χ4n) is 2.82. The SMILES string of the molecule is CSc1ccc(Cl)c(C(=O)N2C(C)CCCC2CN)c1. The molecule has 110 valence electrons. The molecule has 1 heterocycles. The standard InChI is InChI=1S/C15H21ClN2OS/c1-10-4-3-5-11(9-17)18(10)15(19)13-8-12(20-2)6-7-14(13)16/h6-8,10-11H,3-5,9,17H2,1-2H3. The molecule has 1 aliphatic heterocycles. The van der Waals surface area contributed by atoms with Crippen molar-refractivity contribution in [3.05, 3.63) is 28.8 Å². The fourth-order valence-corrected chi connectivity index (χ4v) is 3.46. The zero-order chi connectivity index (χ0) is 14.7. The summed E-state index contributed by atoms with van der Waals surface area (Å²) in [6.45, 7) is 2.60. The molecule has 2 unspecified atom stereocenters. The number of carbonyl (C=O) groups excluding carboxylic acids is 1. The van der Waals surface area contributed by atoms with Crippen LogP contribution >= 0.6 is 23.4 Å². The van der Waals surface area contributed by atoms with Crippen LogP contribution in [0.4, 0.5) is 0 Å². The summed E-state index contributed by atoms with van der Waals surface area (Å²) in [6.07, 6.45) is 5.13. The minimum atomic E-state index is 0.00792. The van der Waals surface area contributed by atoms with Crippen molar-refractivity contribution in [1.82, 2.24) is 4.90 Å². The van der Waals surface area contributed by atoms with Gasteiger partial charge in [0.15, 0.2) is 0 Å². The third kappa shape index (κ3) is 3.13. The second-order valence-electron chi connectivity index (χ2n) is 5.23. The quantitative estimate of drug-likeness (QED) is 0.870. The predicted octanol–water partition coefficient (Wildman–Crippen LogP) is 3.40. The number of likely N-dealkylation sites (tertiary alicyclic amines) is 1. The van der Waals surface area contributed by atoms with Crippen LogP contribution in [0.15, 0.2) is 23.1 Å². The van der Waals surface area contributed by atoms with E-state index in [0.29, 0.717) is 17.1 Å². The van der Waals surface area contributed by atoms with Crippen LogP contribution in [0.25, 0.3) is 0 Å². The van der Waals surface area contributed by atoms with Crippen molar-refractivity contribution in [1.29, 1.82) is 0 Å². The Kier molecular flexibility index (Phi) is 5.35. The summed E-state index contributed by atoms with van der Waals surface area (Å²) >= 11 is 7.83. The molecule has 0 aromatic heterocycles. The van der Waals surface area contributed by atoms with Crippen LogP contribution in [0.2, 0.25) is 5.02 Å². The van der Waals surface area contributed by atoms with Crippen LogP contribution in [0.5, 0.6) is 0 Å². The fraction of sp³-hybridized carbons (Fsp3) is 0.533. The van der Waals surface area contributed by atoms with Gasteiger partial charge in [-0.2, -0.15) is 0 Å². The van der Waals surface area contributed by atoms with Gasteiger partial charge in [0, 0.05) is 23.5 Å². The maximum Gasteiger partial charge on any atom is 0.255 e. The highest BCUT2D eigenvalue weighted by Crippen LogP contribution is 2.29. The number of nitrogens with two attached hydrogens (primary N) is 1. The Bertz CT molecular complexity index is 495. The molecule has 0 aliphatic carbocycles. The third-order valence-corrected chi connectivity index (χ3v) is 4.99. The lowest BCUT2D eigenvalue weighted by Gasteiger charge is -2.40. The first-order valence-electron chi connectivity index (χ1n) is 6.94. The summed E-state index contributed by atoms with van der Waals surface area (Å²) in [6, 6.07) is 5.96. The molecular weight excluding hydrogens is 292 g/mol. The first kappa shape index (κ1) is 15.7. The van der Waals surface area contributed by atoms with E-state index in [1.54, 1.807) is 17.8 Å². The van der Waals surface area contributed by atoms with Gasteiger partial charge in [-0.25, -0.2) is 0 Å². The Morgan fingerprint density at radius 2 is 2.25 bits per heavy atom. The molecule has 2 N–H and O–H groups in total. The predicted molar refractivity (Wildman–Crippen MR) is 85.6 cm³/mol. The number of hydrogen-bond acceptors (Lipinski definition) is 3. The molecule has 1 aromatic carbocycles. The highest BCUT2D eigenvalue weighted by Gasteiger charge is 2.32. The van der Waals surface area contributed by atoms with E-state index in [1.807, 2.05) is 23.3 Å². The number of rotatable bonds is 3. The van der Waals surface area contributed by atoms with Gasteiger partial charge in [-0.05, 0) is 50.6 Å². The summed E-state index contributed by atoms with van der Waals surface area (Å²) in [5.41, 5.74) is 6.42. The smallest absolute Gasteiger partial charge is 0.255 e. The average molecular weight is 313 g/mol. The normalized spacial score (nSPS) is 22.9. The molecule has 0 saturated carbocycles. The highest BCUT2D eigenvalue weighted by atomic mass is 35.5. The molecule has 1 amide bonds. The van der Waals surface area contributed by atoms with Gasteiger partial charge in [0.2, 0.25) is 0 Å². The van der Waals surface area contributed by atoms with E-state index in [1.165, 1.54) is 0 Å². The van der Waals surface area contributed by atoms with Crippen molar-refractivity contribution in [3.8, 4) is 0 Å². The molecule has 0 bridgehead atoms. The molecule has 0 radical (unpaired) electrons. The Balaban J connectivity index is 2.33. The lowest BCUT2D eigenvalue weighted by atomic mass is 9.95. The number of thioether (sulfide) groups is 1. The van der Waals surface area contributed by atoms with Gasteiger partial charge in [0.25, 0.3) is 5.91 Å². The minimum Gasteiger partial charge on any atom is -0.332 e. The van der Waals surface area contributed by atoms with Crippen molar-refractivity contribution in [2.45, 2.75) is 43.2 Å². The number of hydrogen-bond donors (Lipinski definition) is 1. The molecule has 1 fully saturated rings. The Morgan fingerprint density at radius 3 is 2.90 bits per heavy atom. The van der Waals surface area contributed by atoms with Gasteiger partial charge in [-0.15, -0.1) is 11.8 Å². The number of benzene rings is 1. The van der Waals surface area contributed by atoms with Crippen LogP contribution in [0.1, 0.15) is 36.5 Å². The zero-order valence-electron chi connectivity index (χ0n) is 11.9. The third-order valence-electron chi connectivity index (χ3n) is 3.94. The molecular formula is C15H21ClN2OS. The van der Waals surface area contributed by atoms with Crippen LogP contribution in [0.3, 0.4) is 0 Å². The van der Waals surface area contributed by atoms with E-state index >= 15 is 0 Å². The van der Waals surface area contributed by atoms with Gasteiger partial charge < -0.3 is 10.6 Å². The van der Waals surface area contributed by atoms with Crippen LogP contribution < -0.4 is 5.73 Å². The number of halogens is 1. The topological polar surface area (TPSA) is 46.3 Å². The average Bonchev–Trinajstić information content (AvgIpc) is 2.46. The van der Waals surface area contributed by atoms with Crippen LogP contribution in [-0.4, -0.2) is 35.7 Å². The first-order valence-corrected chi connectivity index (χ1v) is 8.55. The van der Waals surface area contributed by atoms with Crippen molar-refractivity contribution in [2.75, 3.05) is 12.8 Å². The number of amides is 1. The summed E-state index contributed by atoms with van der Waals surface area (Å²) in [4.78, 5) is 15.8. The Hall–Kier alpha value is -0.710. The summed E-state index contributed by atoms with van der Waals surface area (Å²) < 4.78 is 0. The number of piperidine rings is 1. The van der Waals surface area contributed by atoms with E-state index in [2.05, 4.69) is 6.92 Å². The van der Waals surface area contributed by atoms with Gasteiger partial charge in [-0.3, -0.25) is 4.79 Å². The second kappa shape index (κ2) is 6.83. The summed E-state index contributed by atoms with van der Waals surface area (Å²) in [5.74, 6) is 0.00792. The molecule has 5 heteroatoms. The monoisotopic (exact) mass is 312 g/mol. The molecule has 3 nitrogen and oxygen atoms in total. The highest BCUT2D eigenvalue weighted by molar-refractivity contribution is 7.98. The first-order chi connectivity index (χ1) is 9.58. The summed E-state index contributed by atoms with van der Waals surface area (Å²) in [7, 11) is 0. The van der Waals surface area contributed by atoms with Crippen LogP contribution in [-0.2, 0) is 0 Å². The van der Waals surface area contributed by atoms with Gasteiger partial charge in [0.05, 0.1) is 10.6 Å². The van der Waals surface area contributed by atoms with Gasteiger partial charge in [-0.1, -0.05) is 11.6 Å². The van der Waals surface area contributed by atoms with Gasteiger partial charge in [0.1, 0.15) is 0 Å². The molecule has 1 aliphatic rings. The Morgan fingerprint density at radius 1 is 1.50 bits per heavy atom. The number of carbonyl (C=O) groups is 1. The Labute approximate surface area is 129 Å². The molecule has 0 spiro atoms. The lowest BCUT2D eigenvalue weighted by molar-refractivity contribution is 0.0494. The van der Waals surface area contributed by atoms with E-state index in [-0.39, 0.29) is 18.0 Å². The second-order valence-corrected chi connectivity index (χ2v) is 6.51. The molecule has 1 aromatic rings. The van der Waals surface area contributed by atoms with Crippen molar-refractivity contribution < 1.29 is 4.79 Å². The summed E-state index contributed by atoms with van der Waals surface area (Å²) in [5, 5.41) is 0.515. The lowest BCUT2D eigenvalue weighted by Crippen LogP contribution is -2.51. The van der Waals surface area contributed by atoms with E-state index in [0.717, 1.165) is 24.2 Å². The molecule has 1 saturated heterocycles. The van der Waals surface area contributed by atoms with E-state index in [9.17, 15) is 4.79 Å². The zero-order valence-corrected chi connectivity index (χ0v) is 13.5.